The van der Waals surface area contributed by atoms with E-state index in [0.29, 0.717) is 0 Å². The Labute approximate surface area is 198 Å². The van der Waals surface area contributed by atoms with Crippen molar-refractivity contribution in [3.05, 3.63) is 48.0 Å². The Morgan fingerprint density at radius 1 is 1.11 bits per heavy atom. The van der Waals surface area contributed by atoms with Gasteiger partial charge in [-0.3, -0.25) is 4.79 Å². The van der Waals surface area contributed by atoms with E-state index < -0.39 is 44.0 Å². The molecule has 2 aromatic heterocycles. The van der Waals surface area contributed by atoms with Gasteiger partial charge in [0.2, 0.25) is 5.95 Å². The highest BCUT2D eigenvalue weighted by Gasteiger charge is 2.33. The summed E-state index contributed by atoms with van der Waals surface area (Å²) < 4.78 is 68.9. The Kier molecular flexibility index (Phi) is 7.28. The van der Waals surface area contributed by atoms with Crippen molar-refractivity contribution in [3.8, 4) is 11.7 Å². The molecule has 3 rings (SSSR count). The summed E-state index contributed by atoms with van der Waals surface area (Å²) in [6.45, 7) is 4.29. The number of anilines is 1. The van der Waals surface area contributed by atoms with Crippen LogP contribution in [0.25, 0.3) is 5.95 Å². The van der Waals surface area contributed by atoms with Crippen LogP contribution in [0.1, 0.15) is 43.0 Å². The SMILES string of the molecule is CNc1nc([C@H](C)NC(=O)c2cc(OC(F)(F)F)cc(S(=O)(=O)C(C)C)c2)n(-c2ncccn2)n1. The highest BCUT2D eigenvalue weighted by atomic mass is 32.2. The third-order valence-corrected chi connectivity index (χ3v) is 6.79. The molecular weight excluding hydrogens is 491 g/mol. The molecule has 11 nitrogen and oxygen atoms in total. The summed E-state index contributed by atoms with van der Waals surface area (Å²) >= 11 is 0. The number of hydrogen-bond acceptors (Lipinski definition) is 9. The molecule has 3 aromatic rings. The molecule has 1 aromatic carbocycles. The summed E-state index contributed by atoms with van der Waals surface area (Å²) in [4.78, 5) is 25.0. The first kappa shape index (κ1) is 25.9. The molecule has 0 aliphatic heterocycles. The Morgan fingerprint density at radius 3 is 2.34 bits per heavy atom. The van der Waals surface area contributed by atoms with Gasteiger partial charge in [0.1, 0.15) is 5.75 Å². The lowest BCUT2D eigenvalue weighted by Gasteiger charge is -2.16. The number of carbonyl (C=O) groups is 1. The predicted molar refractivity (Wildman–Crippen MR) is 118 cm³/mol. The number of benzene rings is 1. The Balaban J connectivity index is 1.98. The van der Waals surface area contributed by atoms with E-state index >= 15 is 0 Å². The van der Waals surface area contributed by atoms with Gasteiger partial charge in [-0.2, -0.15) is 9.67 Å². The molecule has 35 heavy (non-hydrogen) atoms. The Hall–Kier alpha value is -3.75. The molecule has 2 N–H and O–H groups in total. The van der Waals surface area contributed by atoms with Gasteiger partial charge in [0.15, 0.2) is 15.7 Å². The Morgan fingerprint density at radius 2 is 1.77 bits per heavy atom. The molecule has 1 atom stereocenters. The van der Waals surface area contributed by atoms with Crippen LogP contribution in [0.15, 0.2) is 41.6 Å². The van der Waals surface area contributed by atoms with Gasteiger partial charge in [-0.05, 0) is 45.0 Å². The van der Waals surface area contributed by atoms with E-state index in [1.807, 2.05) is 0 Å². The second-order valence-electron chi connectivity index (χ2n) is 7.53. The van der Waals surface area contributed by atoms with Crippen LogP contribution in [0.4, 0.5) is 19.1 Å². The summed E-state index contributed by atoms with van der Waals surface area (Å²) in [5, 5.41) is 8.61. The largest absolute Gasteiger partial charge is 0.573 e. The summed E-state index contributed by atoms with van der Waals surface area (Å²) in [6.07, 6.45) is -2.12. The van der Waals surface area contributed by atoms with Crippen LogP contribution in [0.5, 0.6) is 5.75 Å². The number of hydrogen-bond donors (Lipinski definition) is 2. The molecule has 2 heterocycles. The maximum Gasteiger partial charge on any atom is 0.573 e. The lowest BCUT2D eigenvalue weighted by molar-refractivity contribution is -0.274. The van der Waals surface area contributed by atoms with Gasteiger partial charge in [-0.25, -0.2) is 18.4 Å². The van der Waals surface area contributed by atoms with Crippen molar-refractivity contribution >= 4 is 21.7 Å². The van der Waals surface area contributed by atoms with Crippen LogP contribution in [0, 0.1) is 0 Å². The lowest BCUT2D eigenvalue weighted by atomic mass is 10.2. The molecule has 0 aliphatic carbocycles. The molecule has 0 saturated heterocycles. The van der Waals surface area contributed by atoms with Crippen LogP contribution < -0.4 is 15.4 Å². The van der Waals surface area contributed by atoms with Gasteiger partial charge in [0, 0.05) is 25.0 Å². The van der Waals surface area contributed by atoms with Crippen LogP contribution >= 0.6 is 0 Å². The van der Waals surface area contributed by atoms with E-state index in [2.05, 4.69) is 35.4 Å². The highest BCUT2D eigenvalue weighted by Crippen LogP contribution is 2.29. The van der Waals surface area contributed by atoms with Crippen molar-refractivity contribution in [3.63, 3.8) is 0 Å². The molecule has 1 amide bonds. The first-order valence-electron chi connectivity index (χ1n) is 10.2. The molecular formula is C20H22F3N7O4S. The quantitative estimate of drug-likeness (QED) is 0.465. The summed E-state index contributed by atoms with van der Waals surface area (Å²) in [7, 11) is -2.43. The van der Waals surface area contributed by atoms with Crippen molar-refractivity contribution < 1.29 is 31.1 Å². The van der Waals surface area contributed by atoms with E-state index in [-0.39, 0.29) is 23.3 Å². The zero-order valence-electron chi connectivity index (χ0n) is 19.0. The van der Waals surface area contributed by atoms with Gasteiger partial charge in [0.05, 0.1) is 16.2 Å². The summed E-state index contributed by atoms with van der Waals surface area (Å²) in [5.41, 5.74) is -0.353. The first-order valence-corrected chi connectivity index (χ1v) is 11.7. The molecule has 15 heteroatoms. The second-order valence-corrected chi connectivity index (χ2v) is 10.0. The fourth-order valence-electron chi connectivity index (χ4n) is 2.93. The molecule has 0 aliphatic rings. The zero-order chi connectivity index (χ0) is 26.0. The molecule has 0 spiro atoms. The van der Waals surface area contributed by atoms with Crippen LogP contribution in [0.3, 0.4) is 0 Å². The molecule has 0 fully saturated rings. The Bertz CT molecular complexity index is 1310. The minimum absolute atomic E-state index is 0.170. The monoisotopic (exact) mass is 513 g/mol. The number of halogens is 3. The lowest BCUT2D eigenvalue weighted by Crippen LogP contribution is -2.29. The van der Waals surface area contributed by atoms with Crippen molar-refractivity contribution in [1.82, 2.24) is 30.0 Å². The van der Waals surface area contributed by atoms with Gasteiger partial charge in [-0.15, -0.1) is 18.3 Å². The zero-order valence-corrected chi connectivity index (χ0v) is 19.8. The number of amides is 1. The third kappa shape index (κ3) is 6.03. The van der Waals surface area contributed by atoms with Crippen molar-refractivity contribution in [1.29, 1.82) is 0 Å². The van der Waals surface area contributed by atoms with Crippen molar-refractivity contribution in [2.75, 3.05) is 12.4 Å². The molecule has 0 radical (unpaired) electrons. The number of rotatable bonds is 8. The van der Waals surface area contributed by atoms with Crippen molar-refractivity contribution in [2.45, 2.75) is 43.3 Å². The molecule has 0 saturated carbocycles. The van der Waals surface area contributed by atoms with E-state index in [4.69, 9.17) is 0 Å². The highest BCUT2D eigenvalue weighted by molar-refractivity contribution is 7.92. The average molecular weight is 514 g/mol. The number of ether oxygens (including phenoxy) is 1. The minimum atomic E-state index is -5.09. The fraction of sp³-hybridized carbons (Fsp3) is 0.350. The van der Waals surface area contributed by atoms with Gasteiger partial charge >= 0.3 is 6.36 Å². The first-order chi connectivity index (χ1) is 16.3. The standard InChI is InChI=1S/C20H22F3N7O4S/c1-11(2)35(32,33)15-9-13(8-14(10-15)34-20(21,22)23)17(31)27-12(3)16-28-18(24-4)29-30(16)19-25-6-5-7-26-19/h5-12H,1-4H3,(H,24,29)(H,27,31)/t12-/m0/s1. The van der Waals surface area contributed by atoms with E-state index in [9.17, 15) is 26.4 Å². The van der Waals surface area contributed by atoms with Crippen molar-refractivity contribution in [2.24, 2.45) is 0 Å². The van der Waals surface area contributed by atoms with Crippen LogP contribution in [-0.4, -0.2) is 57.7 Å². The summed E-state index contributed by atoms with van der Waals surface area (Å²) in [6, 6.07) is 3.29. The van der Waals surface area contributed by atoms with Gasteiger partial charge in [0.25, 0.3) is 11.9 Å². The second kappa shape index (κ2) is 9.85. The topological polar surface area (TPSA) is 141 Å². The predicted octanol–water partition coefficient (Wildman–Crippen LogP) is 2.67. The number of nitrogens with zero attached hydrogens (tertiary/aromatic N) is 5. The van der Waals surface area contributed by atoms with Crippen LogP contribution in [0.2, 0.25) is 0 Å². The number of alkyl halides is 3. The van der Waals surface area contributed by atoms with Crippen LogP contribution in [-0.2, 0) is 9.84 Å². The number of sulfone groups is 1. The maximum absolute atomic E-state index is 13.0. The average Bonchev–Trinajstić information content (AvgIpc) is 3.23. The number of carbonyl (C=O) groups excluding carboxylic acids is 1. The normalized spacial score (nSPS) is 12.9. The van der Waals surface area contributed by atoms with Gasteiger partial charge < -0.3 is 15.4 Å². The fourth-order valence-corrected chi connectivity index (χ4v) is 4.05. The third-order valence-electron chi connectivity index (χ3n) is 4.66. The minimum Gasteiger partial charge on any atom is -0.406 e. The number of nitrogens with one attached hydrogen (secondary N) is 2. The van der Waals surface area contributed by atoms with E-state index in [1.165, 1.54) is 30.9 Å². The molecule has 0 unspecified atom stereocenters. The van der Waals surface area contributed by atoms with Gasteiger partial charge in [-0.1, -0.05) is 0 Å². The maximum atomic E-state index is 13.0. The van der Waals surface area contributed by atoms with E-state index in [0.717, 1.165) is 18.2 Å². The smallest absolute Gasteiger partial charge is 0.406 e. The number of aromatic nitrogens is 5. The molecule has 188 valence electrons. The van der Waals surface area contributed by atoms with E-state index in [1.54, 1.807) is 20.0 Å². The molecule has 0 bridgehead atoms. The summed E-state index contributed by atoms with van der Waals surface area (Å²) in [5.74, 6) is -1.11.